The van der Waals surface area contributed by atoms with E-state index in [9.17, 15) is 4.79 Å². The first-order chi connectivity index (χ1) is 8.77. The highest BCUT2D eigenvalue weighted by atomic mass is 16.2. The van der Waals surface area contributed by atoms with Gasteiger partial charge in [0.25, 0.3) is 0 Å². The second-order valence-electron chi connectivity index (χ2n) is 5.60. The molecule has 1 fully saturated rings. The average Bonchev–Trinajstić information content (AvgIpc) is 2.86. The summed E-state index contributed by atoms with van der Waals surface area (Å²) < 4.78 is 0. The number of nitrogens with two attached hydrogens (primary N) is 1. The van der Waals surface area contributed by atoms with E-state index in [4.69, 9.17) is 5.73 Å². The van der Waals surface area contributed by atoms with Crippen LogP contribution in [0.15, 0.2) is 0 Å². The zero-order valence-electron chi connectivity index (χ0n) is 12.0. The van der Waals surface area contributed by atoms with E-state index in [1.54, 1.807) is 0 Å². The number of carbonyl (C=O) groups excluding carboxylic acids is 1. The molecule has 0 bridgehead atoms. The van der Waals surface area contributed by atoms with Crippen LogP contribution in [0.4, 0.5) is 0 Å². The lowest BCUT2D eigenvalue weighted by Gasteiger charge is -2.16. The fourth-order valence-corrected chi connectivity index (χ4v) is 2.64. The first-order valence-corrected chi connectivity index (χ1v) is 7.75. The number of carbonyl (C=O) groups is 1. The van der Waals surface area contributed by atoms with Crippen LogP contribution in [0, 0.1) is 5.92 Å². The number of amides is 1. The average molecular weight is 254 g/mol. The van der Waals surface area contributed by atoms with Crippen LogP contribution in [-0.4, -0.2) is 30.4 Å². The molecule has 1 saturated heterocycles. The third-order valence-electron chi connectivity index (χ3n) is 3.97. The Hall–Kier alpha value is -0.570. The third-order valence-corrected chi connectivity index (χ3v) is 3.97. The number of nitrogens with zero attached hydrogens (tertiary/aromatic N) is 1. The Kier molecular flexibility index (Phi) is 8.06. The topological polar surface area (TPSA) is 46.3 Å². The van der Waals surface area contributed by atoms with E-state index in [0.717, 1.165) is 38.9 Å². The van der Waals surface area contributed by atoms with Crippen LogP contribution in [0.2, 0.25) is 0 Å². The largest absolute Gasteiger partial charge is 0.342 e. The minimum atomic E-state index is 0.347. The molecule has 3 heteroatoms. The van der Waals surface area contributed by atoms with Crippen LogP contribution >= 0.6 is 0 Å². The molecule has 0 spiro atoms. The summed E-state index contributed by atoms with van der Waals surface area (Å²) in [5.74, 6) is 0.891. The third kappa shape index (κ3) is 5.85. The van der Waals surface area contributed by atoms with Crippen molar-refractivity contribution in [2.24, 2.45) is 11.7 Å². The van der Waals surface area contributed by atoms with E-state index in [0.29, 0.717) is 11.8 Å². The summed E-state index contributed by atoms with van der Waals surface area (Å²) in [5, 5.41) is 0. The van der Waals surface area contributed by atoms with Gasteiger partial charge in [-0.05, 0) is 25.3 Å². The summed E-state index contributed by atoms with van der Waals surface area (Å²) in [5.41, 5.74) is 5.64. The number of rotatable bonds is 9. The van der Waals surface area contributed by atoms with Crippen molar-refractivity contribution in [3.8, 4) is 0 Å². The Bertz CT molecular complexity index is 231. The standard InChI is InChI=1S/C15H30N2O/c1-2-3-4-5-6-7-8-9-15(18)17-11-10-14(12-16)13-17/h14H,2-13,16H2,1H3. The van der Waals surface area contributed by atoms with Gasteiger partial charge >= 0.3 is 0 Å². The molecule has 0 radical (unpaired) electrons. The van der Waals surface area contributed by atoms with Gasteiger partial charge in [0.15, 0.2) is 0 Å². The Morgan fingerprint density at radius 3 is 2.44 bits per heavy atom. The molecule has 0 saturated carbocycles. The Labute approximate surface area is 112 Å². The minimum absolute atomic E-state index is 0.347. The second-order valence-corrected chi connectivity index (χ2v) is 5.60. The number of likely N-dealkylation sites (tertiary alicyclic amines) is 1. The summed E-state index contributed by atoms with van der Waals surface area (Å²) in [6.45, 7) is 4.79. The molecule has 1 rings (SSSR count). The van der Waals surface area contributed by atoms with Crippen molar-refractivity contribution in [1.29, 1.82) is 0 Å². The van der Waals surface area contributed by atoms with Crippen LogP contribution < -0.4 is 5.73 Å². The van der Waals surface area contributed by atoms with E-state index in [1.807, 2.05) is 4.90 Å². The number of hydrogen-bond donors (Lipinski definition) is 1. The molecule has 3 nitrogen and oxygen atoms in total. The number of hydrogen-bond acceptors (Lipinski definition) is 2. The highest BCUT2D eigenvalue weighted by Gasteiger charge is 2.24. The van der Waals surface area contributed by atoms with Crippen molar-refractivity contribution in [1.82, 2.24) is 4.90 Å². The van der Waals surface area contributed by atoms with E-state index >= 15 is 0 Å². The quantitative estimate of drug-likeness (QED) is 0.643. The zero-order chi connectivity index (χ0) is 13.2. The van der Waals surface area contributed by atoms with E-state index in [2.05, 4.69) is 6.92 Å². The van der Waals surface area contributed by atoms with Gasteiger partial charge in [-0.1, -0.05) is 45.4 Å². The monoisotopic (exact) mass is 254 g/mol. The summed E-state index contributed by atoms with van der Waals surface area (Å²) in [6, 6.07) is 0. The molecule has 0 aromatic heterocycles. The molecular weight excluding hydrogens is 224 g/mol. The van der Waals surface area contributed by atoms with Crippen molar-refractivity contribution >= 4 is 5.91 Å². The summed E-state index contributed by atoms with van der Waals surface area (Å²) in [6.07, 6.45) is 10.8. The minimum Gasteiger partial charge on any atom is -0.342 e. The number of unbranched alkanes of at least 4 members (excludes halogenated alkanes) is 6. The molecule has 18 heavy (non-hydrogen) atoms. The van der Waals surface area contributed by atoms with Gasteiger partial charge in [-0.2, -0.15) is 0 Å². The van der Waals surface area contributed by atoms with Crippen LogP contribution in [-0.2, 0) is 4.79 Å². The van der Waals surface area contributed by atoms with Crippen molar-refractivity contribution in [2.45, 2.75) is 64.7 Å². The van der Waals surface area contributed by atoms with Crippen LogP contribution in [0.1, 0.15) is 64.7 Å². The lowest BCUT2D eigenvalue weighted by molar-refractivity contribution is -0.130. The fourth-order valence-electron chi connectivity index (χ4n) is 2.64. The molecule has 1 heterocycles. The van der Waals surface area contributed by atoms with Gasteiger partial charge in [0.2, 0.25) is 5.91 Å². The first-order valence-electron chi connectivity index (χ1n) is 7.75. The van der Waals surface area contributed by atoms with E-state index in [-0.39, 0.29) is 0 Å². The molecule has 1 atom stereocenters. The van der Waals surface area contributed by atoms with Crippen molar-refractivity contribution in [2.75, 3.05) is 19.6 Å². The molecule has 106 valence electrons. The summed E-state index contributed by atoms with van der Waals surface area (Å²) in [4.78, 5) is 13.9. The first kappa shape index (κ1) is 15.5. The molecule has 0 aromatic rings. The second kappa shape index (κ2) is 9.37. The van der Waals surface area contributed by atoms with Gasteiger partial charge in [-0.3, -0.25) is 4.79 Å². The van der Waals surface area contributed by atoms with Gasteiger partial charge in [0.1, 0.15) is 0 Å². The van der Waals surface area contributed by atoms with E-state index < -0.39 is 0 Å². The maximum Gasteiger partial charge on any atom is 0.222 e. The van der Waals surface area contributed by atoms with Crippen LogP contribution in [0.3, 0.4) is 0 Å². The van der Waals surface area contributed by atoms with Gasteiger partial charge in [-0.15, -0.1) is 0 Å². The zero-order valence-corrected chi connectivity index (χ0v) is 12.0. The SMILES string of the molecule is CCCCCCCCCC(=O)N1CCC(CN)C1. The smallest absolute Gasteiger partial charge is 0.222 e. The van der Waals surface area contributed by atoms with Gasteiger partial charge in [0, 0.05) is 19.5 Å². The Morgan fingerprint density at radius 2 is 1.83 bits per heavy atom. The molecule has 0 aromatic carbocycles. The molecule has 1 aliphatic rings. The molecule has 1 amide bonds. The molecule has 2 N–H and O–H groups in total. The highest BCUT2D eigenvalue weighted by molar-refractivity contribution is 5.76. The molecule has 1 aliphatic heterocycles. The maximum absolute atomic E-state index is 11.9. The van der Waals surface area contributed by atoms with Gasteiger partial charge in [0.05, 0.1) is 0 Å². The lowest BCUT2D eigenvalue weighted by Crippen LogP contribution is -2.29. The van der Waals surface area contributed by atoms with Crippen molar-refractivity contribution in [3.63, 3.8) is 0 Å². The molecule has 1 unspecified atom stereocenters. The van der Waals surface area contributed by atoms with Gasteiger partial charge in [-0.25, -0.2) is 0 Å². The Balaban J connectivity index is 1.97. The van der Waals surface area contributed by atoms with Crippen molar-refractivity contribution < 1.29 is 4.79 Å². The predicted molar refractivity (Wildman–Crippen MR) is 76.4 cm³/mol. The highest BCUT2D eigenvalue weighted by Crippen LogP contribution is 2.17. The molecule has 0 aliphatic carbocycles. The maximum atomic E-state index is 11.9. The summed E-state index contributed by atoms with van der Waals surface area (Å²) >= 11 is 0. The van der Waals surface area contributed by atoms with Crippen LogP contribution in [0.5, 0.6) is 0 Å². The molecular formula is C15H30N2O. The Morgan fingerprint density at radius 1 is 1.17 bits per heavy atom. The lowest BCUT2D eigenvalue weighted by atomic mass is 10.1. The van der Waals surface area contributed by atoms with E-state index in [1.165, 1.54) is 38.5 Å². The van der Waals surface area contributed by atoms with Crippen molar-refractivity contribution in [3.05, 3.63) is 0 Å². The van der Waals surface area contributed by atoms with Crippen LogP contribution in [0.25, 0.3) is 0 Å². The normalized spacial score (nSPS) is 19.4. The predicted octanol–water partition coefficient (Wildman–Crippen LogP) is 2.93. The van der Waals surface area contributed by atoms with Gasteiger partial charge < -0.3 is 10.6 Å². The fraction of sp³-hybridized carbons (Fsp3) is 0.933. The summed E-state index contributed by atoms with van der Waals surface area (Å²) in [7, 11) is 0.